The predicted octanol–water partition coefficient (Wildman–Crippen LogP) is 4.75. The summed E-state index contributed by atoms with van der Waals surface area (Å²) in [6.07, 6.45) is 3.05. The molecule has 0 saturated carbocycles. The highest BCUT2D eigenvalue weighted by Crippen LogP contribution is 2.25. The zero-order valence-corrected chi connectivity index (χ0v) is 18.5. The first-order valence-electron chi connectivity index (χ1n) is 9.57. The molecule has 1 heterocycles. The maximum absolute atomic E-state index is 12.7. The average molecular weight is 458 g/mol. The number of rotatable bonds is 7. The third-order valence-corrected chi connectivity index (χ3v) is 4.93. The first-order chi connectivity index (χ1) is 14.8. The number of pyridine rings is 1. The number of carbonyl (C=O) groups is 1. The van der Waals surface area contributed by atoms with E-state index in [-0.39, 0.29) is 18.2 Å². The van der Waals surface area contributed by atoms with Crippen molar-refractivity contribution in [2.75, 3.05) is 0 Å². The van der Waals surface area contributed by atoms with Crippen LogP contribution in [0.1, 0.15) is 35.3 Å². The van der Waals surface area contributed by atoms with Crippen LogP contribution in [0.3, 0.4) is 0 Å². The third kappa shape index (κ3) is 5.96. The molecule has 160 valence electrons. The van der Waals surface area contributed by atoms with Gasteiger partial charge in [0.2, 0.25) is 0 Å². The second-order valence-corrected chi connectivity index (χ2v) is 7.82. The highest BCUT2D eigenvalue weighted by molar-refractivity contribution is 6.32. The normalized spacial score (nSPS) is 11.1. The second kappa shape index (κ2) is 10.3. The first-order valence-corrected chi connectivity index (χ1v) is 10.3. The van der Waals surface area contributed by atoms with Crippen LogP contribution in [0.15, 0.2) is 70.7 Å². The van der Waals surface area contributed by atoms with Crippen molar-refractivity contribution in [3.63, 3.8) is 0 Å². The van der Waals surface area contributed by atoms with E-state index in [2.05, 4.69) is 10.5 Å². The summed E-state index contributed by atoms with van der Waals surface area (Å²) in [4.78, 5) is 25.2. The number of hydrogen-bond donors (Lipinski definition) is 1. The minimum atomic E-state index is -0.611. The number of nitrogens with one attached hydrogen (secondary N) is 1. The van der Waals surface area contributed by atoms with Gasteiger partial charge in [0.05, 0.1) is 23.9 Å². The van der Waals surface area contributed by atoms with Gasteiger partial charge in [0.15, 0.2) is 0 Å². The molecule has 1 amide bonds. The minimum absolute atomic E-state index is 0.00384. The van der Waals surface area contributed by atoms with Gasteiger partial charge in [-0.2, -0.15) is 5.10 Å². The smallest absolute Gasteiger partial charge is 0.276 e. The Balaban J connectivity index is 1.70. The monoisotopic (exact) mass is 457 g/mol. The summed E-state index contributed by atoms with van der Waals surface area (Å²) in [5.41, 5.74) is 3.37. The lowest BCUT2D eigenvalue weighted by molar-refractivity contribution is 0.0953. The maximum atomic E-state index is 12.7. The molecule has 6 nitrogen and oxygen atoms in total. The summed E-state index contributed by atoms with van der Waals surface area (Å²) in [5, 5.41) is 4.92. The minimum Gasteiger partial charge on any atom is -0.489 e. The van der Waals surface area contributed by atoms with Crippen LogP contribution in [0.2, 0.25) is 10.0 Å². The van der Waals surface area contributed by atoms with Crippen molar-refractivity contribution in [1.29, 1.82) is 0 Å². The molecule has 0 spiro atoms. The van der Waals surface area contributed by atoms with Gasteiger partial charge in [-0.25, -0.2) is 5.43 Å². The lowest BCUT2D eigenvalue weighted by atomic mass is 10.2. The molecule has 31 heavy (non-hydrogen) atoms. The van der Waals surface area contributed by atoms with E-state index in [1.807, 2.05) is 32.0 Å². The van der Waals surface area contributed by atoms with Crippen LogP contribution < -0.4 is 15.7 Å². The van der Waals surface area contributed by atoms with E-state index in [0.717, 1.165) is 5.56 Å². The van der Waals surface area contributed by atoms with Crippen LogP contribution in [0.5, 0.6) is 5.75 Å². The van der Waals surface area contributed by atoms with Crippen LogP contribution >= 0.6 is 23.2 Å². The zero-order valence-electron chi connectivity index (χ0n) is 17.0. The van der Waals surface area contributed by atoms with Crippen LogP contribution in [0.4, 0.5) is 0 Å². The SMILES string of the molecule is CC(C)Oc1ccc(/C=N\NC(=O)c2cccn(Cc3ccccc3Cl)c2=O)cc1Cl. The van der Waals surface area contributed by atoms with Gasteiger partial charge < -0.3 is 9.30 Å². The largest absolute Gasteiger partial charge is 0.489 e. The highest BCUT2D eigenvalue weighted by Gasteiger charge is 2.12. The van der Waals surface area contributed by atoms with Crippen LogP contribution in [0, 0.1) is 0 Å². The first kappa shape index (κ1) is 22.6. The fraction of sp³-hybridized carbons (Fsp3) is 0.174. The number of hydrogen-bond acceptors (Lipinski definition) is 4. The van der Waals surface area contributed by atoms with E-state index < -0.39 is 11.5 Å². The van der Waals surface area contributed by atoms with Crippen molar-refractivity contribution in [2.24, 2.45) is 5.10 Å². The summed E-state index contributed by atoms with van der Waals surface area (Å²) in [6, 6.07) is 15.5. The molecular weight excluding hydrogens is 437 g/mol. The molecule has 1 aromatic heterocycles. The van der Waals surface area contributed by atoms with Crippen molar-refractivity contribution in [2.45, 2.75) is 26.5 Å². The Kier molecular flexibility index (Phi) is 7.50. The van der Waals surface area contributed by atoms with Gasteiger partial charge in [0.25, 0.3) is 11.5 Å². The molecule has 3 rings (SSSR count). The number of amides is 1. The lowest BCUT2D eigenvalue weighted by Gasteiger charge is -2.11. The lowest BCUT2D eigenvalue weighted by Crippen LogP contribution is -2.31. The highest BCUT2D eigenvalue weighted by atomic mass is 35.5. The summed E-state index contributed by atoms with van der Waals surface area (Å²) in [6.45, 7) is 4.08. The zero-order chi connectivity index (χ0) is 22.4. The van der Waals surface area contributed by atoms with E-state index in [0.29, 0.717) is 21.4 Å². The Morgan fingerprint density at radius 2 is 1.90 bits per heavy atom. The van der Waals surface area contributed by atoms with Crippen molar-refractivity contribution in [3.05, 3.63) is 97.9 Å². The number of aromatic nitrogens is 1. The third-order valence-electron chi connectivity index (χ3n) is 4.26. The Hall–Kier alpha value is -3.09. The van der Waals surface area contributed by atoms with E-state index >= 15 is 0 Å². The number of halogens is 2. The molecule has 0 aliphatic heterocycles. The summed E-state index contributed by atoms with van der Waals surface area (Å²) < 4.78 is 7.01. The molecule has 0 aliphatic carbocycles. The van der Waals surface area contributed by atoms with Crippen LogP contribution in [-0.4, -0.2) is 22.8 Å². The number of nitrogens with zero attached hydrogens (tertiary/aromatic N) is 2. The number of hydrazone groups is 1. The Morgan fingerprint density at radius 1 is 1.13 bits per heavy atom. The summed E-state index contributed by atoms with van der Waals surface area (Å²) in [7, 11) is 0. The maximum Gasteiger partial charge on any atom is 0.276 e. The van der Waals surface area contributed by atoms with Gasteiger partial charge in [0, 0.05) is 11.2 Å². The topological polar surface area (TPSA) is 72.7 Å². The van der Waals surface area contributed by atoms with Crippen molar-refractivity contribution < 1.29 is 9.53 Å². The Bertz CT molecular complexity index is 1170. The van der Waals surface area contributed by atoms with Gasteiger partial charge in [0.1, 0.15) is 11.3 Å². The van der Waals surface area contributed by atoms with Gasteiger partial charge in [-0.3, -0.25) is 9.59 Å². The van der Waals surface area contributed by atoms with Crippen molar-refractivity contribution >= 4 is 35.3 Å². The van der Waals surface area contributed by atoms with Crippen LogP contribution in [0.25, 0.3) is 0 Å². The number of benzene rings is 2. The quantitative estimate of drug-likeness (QED) is 0.410. The molecule has 1 N–H and O–H groups in total. The molecule has 0 saturated heterocycles. The summed E-state index contributed by atoms with van der Waals surface area (Å²) in [5.74, 6) is -0.0400. The molecule has 0 atom stereocenters. The molecule has 0 unspecified atom stereocenters. The van der Waals surface area contributed by atoms with Crippen molar-refractivity contribution in [3.8, 4) is 5.75 Å². The predicted molar refractivity (Wildman–Crippen MR) is 124 cm³/mol. The molecule has 0 aliphatic rings. The van der Waals surface area contributed by atoms with Gasteiger partial charge >= 0.3 is 0 Å². The van der Waals surface area contributed by atoms with Gasteiger partial charge in [-0.05, 0) is 61.4 Å². The Labute approximate surface area is 190 Å². The number of carbonyl (C=O) groups excluding carboxylic acids is 1. The fourth-order valence-electron chi connectivity index (χ4n) is 2.82. The molecule has 8 heteroatoms. The van der Waals surface area contributed by atoms with Gasteiger partial charge in [-0.15, -0.1) is 0 Å². The van der Waals surface area contributed by atoms with Crippen molar-refractivity contribution in [1.82, 2.24) is 9.99 Å². The van der Waals surface area contributed by atoms with E-state index in [1.165, 1.54) is 16.8 Å². The van der Waals surface area contributed by atoms with Crippen LogP contribution in [-0.2, 0) is 6.54 Å². The molecular formula is C23H21Cl2N3O3. The fourth-order valence-corrected chi connectivity index (χ4v) is 3.25. The average Bonchev–Trinajstić information content (AvgIpc) is 2.72. The molecule has 3 aromatic rings. The number of ether oxygens (including phenoxy) is 1. The van der Waals surface area contributed by atoms with E-state index in [4.69, 9.17) is 27.9 Å². The van der Waals surface area contributed by atoms with E-state index in [1.54, 1.807) is 36.5 Å². The summed E-state index contributed by atoms with van der Waals surface area (Å²) >= 11 is 12.4. The molecule has 0 fully saturated rings. The second-order valence-electron chi connectivity index (χ2n) is 7.00. The standard InChI is InChI=1S/C23H21Cl2N3O3/c1-15(2)31-21-10-9-16(12-20(21)25)13-26-27-22(29)18-7-5-11-28(23(18)30)14-17-6-3-4-8-19(17)24/h3-13,15H,14H2,1-2H3,(H,27,29)/b26-13-. The molecule has 0 radical (unpaired) electrons. The van der Waals surface area contributed by atoms with Gasteiger partial charge in [-0.1, -0.05) is 41.4 Å². The van der Waals surface area contributed by atoms with E-state index in [9.17, 15) is 9.59 Å². The Morgan fingerprint density at radius 3 is 2.61 bits per heavy atom. The molecule has 2 aromatic carbocycles. The molecule has 0 bridgehead atoms.